The Morgan fingerprint density at radius 3 is 2.89 bits per heavy atom. The van der Waals surface area contributed by atoms with Gasteiger partial charge in [-0.3, -0.25) is 9.59 Å². The first-order chi connectivity index (χ1) is 8.99. The first-order valence-electron chi connectivity index (χ1n) is 5.90. The fourth-order valence-electron chi connectivity index (χ4n) is 2.02. The standard InChI is InChI=1S/C13H15NO4S/c1-7(15)19-6-10(16)13(18)9-4-2-3-8-5-11(17)14-12(8)9/h2-4,10,13,16,18H,5-6H2,1H3,(H,14,17). The minimum Gasteiger partial charge on any atom is -0.389 e. The number of thioether (sulfide) groups is 1. The van der Waals surface area contributed by atoms with Gasteiger partial charge in [-0.2, -0.15) is 0 Å². The molecule has 1 aromatic rings. The summed E-state index contributed by atoms with van der Waals surface area (Å²) in [5, 5.41) is 22.6. The van der Waals surface area contributed by atoms with Crippen molar-refractivity contribution >= 4 is 28.5 Å². The summed E-state index contributed by atoms with van der Waals surface area (Å²) in [6.07, 6.45) is -1.90. The Kier molecular flexibility index (Phi) is 4.24. The molecule has 0 bridgehead atoms. The van der Waals surface area contributed by atoms with Gasteiger partial charge in [-0.15, -0.1) is 0 Å². The van der Waals surface area contributed by atoms with Crippen molar-refractivity contribution in [3.8, 4) is 0 Å². The van der Waals surface area contributed by atoms with E-state index < -0.39 is 12.2 Å². The van der Waals surface area contributed by atoms with Gasteiger partial charge >= 0.3 is 0 Å². The van der Waals surface area contributed by atoms with Gasteiger partial charge in [-0.25, -0.2) is 0 Å². The molecule has 3 N–H and O–H groups in total. The number of hydrogen-bond acceptors (Lipinski definition) is 5. The van der Waals surface area contributed by atoms with Crippen molar-refractivity contribution < 1.29 is 19.8 Å². The van der Waals surface area contributed by atoms with Crippen molar-refractivity contribution in [3.63, 3.8) is 0 Å². The highest BCUT2D eigenvalue weighted by molar-refractivity contribution is 8.13. The fourth-order valence-corrected chi connectivity index (χ4v) is 2.61. The van der Waals surface area contributed by atoms with Crippen LogP contribution in [-0.2, 0) is 16.0 Å². The average Bonchev–Trinajstić information content (AvgIpc) is 2.74. The topological polar surface area (TPSA) is 86.6 Å². The fraction of sp³-hybridized carbons (Fsp3) is 0.385. The van der Waals surface area contributed by atoms with Gasteiger partial charge in [0, 0.05) is 18.2 Å². The number of fused-ring (bicyclic) bond motifs is 1. The lowest BCUT2D eigenvalue weighted by molar-refractivity contribution is -0.115. The number of rotatable bonds is 4. The molecule has 0 aromatic heterocycles. The predicted molar refractivity (Wildman–Crippen MR) is 72.9 cm³/mol. The summed E-state index contributed by atoms with van der Waals surface area (Å²) in [6, 6.07) is 5.21. The van der Waals surface area contributed by atoms with E-state index in [9.17, 15) is 19.8 Å². The Morgan fingerprint density at radius 2 is 2.21 bits per heavy atom. The first kappa shape index (κ1) is 14.0. The van der Waals surface area contributed by atoms with Crippen molar-refractivity contribution in [2.24, 2.45) is 0 Å². The minimum absolute atomic E-state index is 0.113. The monoisotopic (exact) mass is 281 g/mol. The molecule has 5 nitrogen and oxygen atoms in total. The van der Waals surface area contributed by atoms with Crippen LogP contribution in [0.15, 0.2) is 18.2 Å². The molecule has 6 heteroatoms. The Hall–Kier alpha value is -1.37. The normalized spacial score (nSPS) is 16.7. The highest BCUT2D eigenvalue weighted by Gasteiger charge is 2.27. The molecule has 2 unspecified atom stereocenters. The summed E-state index contributed by atoms with van der Waals surface area (Å²) >= 11 is 0.960. The summed E-state index contributed by atoms with van der Waals surface area (Å²) in [4.78, 5) is 22.2. The molecule has 0 saturated carbocycles. The molecule has 0 saturated heterocycles. The molecular weight excluding hydrogens is 266 g/mol. The maximum absolute atomic E-state index is 11.4. The van der Waals surface area contributed by atoms with Gasteiger partial charge in [0.25, 0.3) is 0 Å². The van der Waals surface area contributed by atoms with Gasteiger partial charge in [0.05, 0.1) is 18.2 Å². The Labute approximate surface area is 115 Å². The maximum Gasteiger partial charge on any atom is 0.228 e. The molecule has 0 fully saturated rings. The van der Waals surface area contributed by atoms with Gasteiger partial charge in [0.2, 0.25) is 5.91 Å². The summed E-state index contributed by atoms with van der Waals surface area (Å²) < 4.78 is 0. The van der Waals surface area contributed by atoms with Crippen molar-refractivity contribution in [2.45, 2.75) is 25.6 Å². The number of aliphatic hydroxyl groups is 2. The van der Waals surface area contributed by atoms with Gasteiger partial charge in [0.1, 0.15) is 6.10 Å². The number of carbonyl (C=O) groups excluding carboxylic acids is 2. The molecule has 0 radical (unpaired) electrons. The number of nitrogens with one attached hydrogen (secondary N) is 1. The smallest absolute Gasteiger partial charge is 0.228 e. The molecule has 19 heavy (non-hydrogen) atoms. The maximum atomic E-state index is 11.4. The van der Waals surface area contributed by atoms with Gasteiger partial charge in [0.15, 0.2) is 5.12 Å². The third-order valence-electron chi connectivity index (χ3n) is 2.94. The number of amides is 1. The van der Waals surface area contributed by atoms with E-state index >= 15 is 0 Å². The summed E-state index contributed by atoms with van der Waals surface area (Å²) in [5.41, 5.74) is 1.87. The van der Waals surface area contributed by atoms with E-state index in [1.807, 2.05) is 0 Å². The second-order valence-corrected chi connectivity index (χ2v) is 5.62. The van der Waals surface area contributed by atoms with Crippen LogP contribution < -0.4 is 5.32 Å². The second-order valence-electron chi connectivity index (χ2n) is 4.42. The first-order valence-corrected chi connectivity index (χ1v) is 6.88. The van der Waals surface area contributed by atoms with Crippen LogP contribution in [0.1, 0.15) is 24.2 Å². The van der Waals surface area contributed by atoms with E-state index in [2.05, 4.69) is 5.32 Å². The molecule has 1 amide bonds. The zero-order chi connectivity index (χ0) is 14.0. The van der Waals surface area contributed by atoms with Crippen molar-refractivity contribution in [2.75, 3.05) is 11.1 Å². The number of hydrogen-bond donors (Lipinski definition) is 3. The van der Waals surface area contributed by atoms with Crippen LogP contribution in [0.25, 0.3) is 0 Å². The van der Waals surface area contributed by atoms with E-state index in [1.165, 1.54) is 6.92 Å². The van der Waals surface area contributed by atoms with E-state index in [-0.39, 0.29) is 23.2 Å². The lowest BCUT2D eigenvalue weighted by Gasteiger charge is -2.19. The lowest BCUT2D eigenvalue weighted by atomic mass is 10.0. The Balaban J connectivity index is 2.16. The predicted octanol–water partition coefficient (Wildman–Crippen LogP) is 0.855. The molecule has 0 spiro atoms. The number of aliphatic hydroxyl groups excluding tert-OH is 2. The lowest BCUT2D eigenvalue weighted by Crippen LogP contribution is -2.22. The van der Waals surface area contributed by atoms with Crippen LogP contribution in [0, 0.1) is 0 Å². The molecule has 1 aliphatic heterocycles. The molecular formula is C13H15NO4S. The second kappa shape index (κ2) is 5.73. The zero-order valence-corrected chi connectivity index (χ0v) is 11.2. The minimum atomic E-state index is -1.12. The van der Waals surface area contributed by atoms with Crippen molar-refractivity contribution in [1.82, 2.24) is 0 Å². The van der Waals surface area contributed by atoms with Crippen LogP contribution >= 0.6 is 11.8 Å². The number of carbonyl (C=O) groups is 2. The van der Waals surface area contributed by atoms with Gasteiger partial charge in [-0.05, 0) is 5.56 Å². The summed E-state index contributed by atoms with van der Waals surface area (Å²) in [5.74, 6) is -0.00376. The number of para-hydroxylation sites is 1. The molecule has 102 valence electrons. The largest absolute Gasteiger partial charge is 0.389 e. The molecule has 2 rings (SSSR count). The van der Waals surface area contributed by atoms with Crippen LogP contribution in [0.5, 0.6) is 0 Å². The zero-order valence-electron chi connectivity index (χ0n) is 10.4. The highest BCUT2D eigenvalue weighted by atomic mass is 32.2. The van der Waals surface area contributed by atoms with E-state index in [0.717, 1.165) is 17.3 Å². The molecule has 1 heterocycles. The molecule has 1 aromatic carbocycles. The van der Waals surface area contributed by atoms with E-state index in [4.69, 9.17) is 0 Å². The Bertz CT molecular complexity index is 517. The molecule has 1 aliphatic rings. The van der Waals surface area contributed by atoms with Crippen LogP contribution in [0.2, 0.25) is 0 Å². The van der Waals surface area contributed by atoms with E-state index in [1.54, 1.807) is 18.2 Å². The van der Waals surface area contributed by atoms with E-state index in [0.29, 0.717) is 11.3 Å². The quantitative estimate of drug-likeness (QED) is 0.762. The van der Waals surface area contributed by atoms with Gasteiger partial charge < -0.3 is 15.5 Å². The third-order valence-corrected chi connectivity index (χ3v) is 3.85. The SMILES string of the molecule is CC(=O)SCC(O)C(O)c1cccc2c1NC(=O)C2. The highest BCUT2D eigenvalue weighted by Crippen LogP contribution is 2.33. The summed E-state index contributed by atoms with van der Waals surface area (Å²) in [6.45, 7) is 1.41. The van der Waals surface area contributed by atoms with Gasteiger partial charge in [-0.1, -0.05) is 30.0 Å². The Morgan fingerprint density at radius 1 is 1.47 bits per heavy atom. The van der Waals surface area contributed by atoms with Crippen molar-refractivity contribution in [3.05, 3.63) is 29.3 Å². The van der Waals surface area contributed by atoms with Crippen LogP contribution in [0.3, 0.4) is 0 Å². The van der Waals surface area contributed by atoms with Crippen LogP contribution in [0.4, 0.5) is 5.69 Å². The molecule has 2 atom stereocenters. The summed E-state index contributed by atoms with van der Waals surface area (Å²) in [7, 11) is 0. The van der Waals surface area contributed by atoms with Crippen LogP contribution in [-0.4, -0.2) is 33.1 Å². The third kappa shape index (κ3) is 3.15. The molecule has 0 aliphatic carbocycles. The number of benzene rings is 1. The van der Waals surface area contributed by atoms with Crippen molar-refractivity contribution in [1.29, 1.82) is 0 Å². The number of anilines is 1. The average molecular weight is 281 g/mol.